The summed E-state index contributed by atoms with van der Waals surface area (Å²) in [5.41, 5.74) is 0. The van der Waals surface area contributed by atoms with Crippen LogP contribution in [-0.4, -0.2) is 5.78 Å². The van der Waals surface area contributed by atoms with Gasteiger partial charge in [-0.3, -0.25) is 4.79 Å². The standard InChI is InChI=1S/C7H13O.Y/c1-3-5-6-7(8)4-2;/h1,3-6H2,2H3;/q-1;. The fraction of sp³-hybridized carbons (Fsp3) is 0.714. The van der Waals surface area contributed by atoms with Crippen LogP contribution in [0.2, 0.25) is 0 Å². The van der Waals surface area contributed by atoms with Gasteiger partial charge in [0.15, 0.2) is 0 Å². The van der Waals surface area contributed by atoms with Gasteiger partial charge >= 0.3 is 0 Å². The molecule has 2 heteroatoms. The van der Waals surface area contributed by atoms with Crippen LogP contribution in [0.3, 0.4) is 0 Å². The fourth-order valence-corrected chi connectivity index (χ4v) is 0.499. The van der Waals surface area contributed by atoms with E-state index in [4.69, 9.17) is 0 Å². The first-order valence-corrected chi connectivity index (χ1v) is 3.12. The Hall–Kier alpha value is 0.774. The molecule has 0 aliphatic rings. The molecule has 0 aliphatic carbocycles. The molecule has 1 radical (unpaired) electrons. The molecule has 0 saturated carbocycles. The molecule has 0 atom stereocenters. The molecule has 0 heterocycles. The smallest absolute Gasteiger partial charge is 0.132 e. The first-order valence-electron chi connectivity index (χ1n) is 3.12. The number of rotatable bonds is 4. The quantitative estimate of drug-likeness (QED) is 0.637. The maximum Gasteiger partial charge on any atom is 0.132 e. The molecule has 0 aromatic heterocycles. The van der Waals surface area contributed by atoms with Crippen LogP contribution in [-0.2, 0) is 37.5 Å². The van der Waals surface area contributed by atoms with Crippen molar-refractivity contribution in [2.75, 3.05) is 0 Å². The predicted molar refractivity (Wildman–Crippen MR) is 34.5 cm³/mol. The van der Waals surface area contributed by atoms with E-state index in [9.17, 15) is 4.79 Å². The molecule has 0 aromatic rings. The molecule has 0 spiro atoms. The van der Waals surface area contributed by atoms with Gasteiger partial charge in [0.2, 0.25) is 0 Å². The number of carbonyl (C=O) groups is 1. The van der Waals surface area contributed by atoms with Gasteiger partial charge in [-0.15, -0.1) is 0 Å². The summed E-state index contributed by atoms with van der Waals surface area (Å²) in [5, 5.41) is 0. The molecule has 0 unspecified atom stereocenters. The normalized spacial score (nSPS) is 8.22. The van der Waals surface area contributed by atoms with Crippen molar-refractivity contribution >= 4 is 5.78 Å². The Balaban J connectivity index is 0. The third-order valence-electron chi connectivity index (χ3n) is 1.10. The molecule has 0 bridgehead atoms. The van der Waals surface area contributed by atoms with Gasteiger partial charge in [0, 0.05) is 45.6 Å². The second-order valence-corrected chi connectivity index (χ2v) is 1.85. The minimum atomic E-state index is 0. The summed E-state index contributed by atoms with van der Waals surface area (Å²) >= 11 is 0. The SMILES string of the molecule is [CH2-]CCCC(=O)CC.[Y]. The van der Waals surface area contributed by atoms with Gasteiger partial charge in [-0.05, 0) is 0 Å². The maximum atomic E-state index is 10.5. The third kappa shape index (κ3) is 8.77. The molecule has 0 aromatic carbocycles. The van der Waals surface area contributed by atoms with E-state index in [0.29, 0.717) is 12.2 Å². The van der Waals surface area contributed by atoms with Crippen molar-refractivity contribution in [3.63, 3.8) is 0 Å². The Morgan fingerprint density at radius 1 is 1.56 bits per heavy atom. The van der Waals surface area contributed by atoms with Gasteiger partial charge in [0.05, 0.1) is 0 Å². The first kappa shape index (κ1) is 12.5. The van der Waals surface area contributed by atoms with E-state index in [1.165, 1.54) is 0 Å². The Morgan fingerprint density at radius 2 is 2.11 bits per heavy atom. The van der Waals surface area contributed by atoms with Crippen LogP contribution in [0.1, 0.15) is 32.6 Å². The van der Waals surface area contributed by atoms with Gasteiger partial charge < -0.3 is 6.92 Å². The number of Topliss-reactive ketones (excluding diaryl/α,β-unsaturated/α-hetero) is 1. The zero-order chi connectivity index (χ0) is 6.41. The summed E-state index contributed by atoms with van der Waals surface area (Å²) < 4.78 is 0. The summed E-state index contributed by atoms with van der Waals surface area (Å²) in [6.45, 7) is 5.53. The fourth-order valence-electron chi connectivity index (χ4n) is 0.499. The Morgan fingerprint density at radius 3 is 2.44 bits per heavy atom. The van der Waals surface area contributed by atoms with Gasteiger partial charge in [-0.2, -0.15) is 6.42 Å². The Kier molecular flexibility index (Phi) is 12.1. The van der Waals surface area contributed by atoms with Crippen molar-refractivity contribution in [2.45, 2.75) is 32.6 Å². The van der Waals surface area contributed by atoms with E-state index < -0.39 is 0 Å². The number of hydrogen-bond acceptors (Lipinski definition) is 1. The summed E-state index contributed by atoms with van der Waals surface area (Å²) in [4.78, 5) is 10.5. The molecule has 51 valence electrons. The van der Waals surface area contributed by atoms with Gasteiger partial charge in [-0.25, -0.2) is 0 Å². The van der Waals surface area contributed by atoms with Crippen LogP contribution in [0, 0.1) is 6.92 Å². The third-order valence-corrected chi connectivity index (χ3v) is 1.10. The van der Waals surface area contributed by atoms with Crippen molar-refractivity contribution in [1.82, 2.24) is 0 Å². The maximum absolute atomic E-state index is 10.5. The molecule has 0 fully saturated rings. The van der Waals surface area contributed by atoms with Crippen LogP contribution in [0.4, 0.5) is 0 Å². The molecular formula is C7H13OY-. The van der Waals surface area contributed by atoms with Crippen molar-refractivity contribution < 1.29 is 37.5 Å². The minimum absolute atomic E-state index is 0. The largest absolute Gasteiger partial charge is 0.343 e. The van der Waals surface area contributed by atoms with Crippen LogP contribution in [0.25, 0.3) is 0 Å². The van der Waals surface area contributed by atoms with Crippen LogP contribution >= 0.6 is 0 Å². The molecule has 0 amide bonds. The summed E-state index contributed by atoms with van der Waals surface area (Å²) in [7, 11) is 0. The summed E-state index contributed by atoms with van der Waals surface area (Å²) in [6.07, 6.45) is 3.23. The van der Waals surface area contributed by atoms with Crippen LogP contribution < -0.4 is 0 Å². The number of carbonyl (C=O) groups excluding carboxylic acids is 1. The molecule has 1 nitrogen and oxygen atoms in total. The number of hydrogen-bond donors (Lipinski definition) is 0. The molecule has 9 heavy (non-hydrogen) atoms. The summed E-state index contributed by atoms with van der Waals surface area (Å²) in [5.74, 6) is 0.355. The first-order chi connectivity index (χ1) is 3.81. The second-order valence-electron chi connectivity index (χ2n) is 1.85. The summed E-state index contributed by atoms with van der Waals surface area (Å²) in [6, 6.07) is 0. The van der Waals surface area contributed by atoms with Crippen molar-refractivity contribution in [3.05, 3.63) is 6.92 Å². The Labute approximate surface area is 82.5 Å². The predicted octanol–water partition coefficient (Wildman–Crippen LogP) is 1.97. The molecule has 0 rings (SSSR count). The van der Waals surface area contributed by atoms with E-state index in [1.807, 2.05) is 6.92 Å². The van der Waals surface area contributed by atoms with Crippen molar-refractivity contribution in [2.24, 2.45) is 0 Å². The minimum Gasteiger partial charge on any atom is -0.343 e. The molecule has 0 saturated heterocycles. The topological polar surface area (TPSA) is 17.1 Å². The number of unbranched alkanes of at least 4 members (excludes halogenated alkanes) is 1. The zero-order valence-corrected chi connectivity index (χ0v) is 8.86. The van der Waals surface area contributed by atoms with Gasteiger partial charge in [0.1, 0.15) is 5.78 Å². The van der Waals surface area contributed by atoms with Gasteiger partial charge in [-0.1, -0.05) is 13.3 Å². The van der Waals surface area contributed by atoms with E-state index in [2.05, 4.69) is 6.92 Å². The van der Waals surface area contributed by atoms with Gasteiger partial charge in [0.25, 0.3) is 0 Å². The van der Waals surface area contributed by atoms with Crippen molar-refractivity contribution in [1.29, 1.82) is 0 Å². The monoisotopic (exact) mass is 202 g/mol. The molecule has 0 aliphatic heterocycles. The molecule has 0 N–H and O–H groups in total. The van der Waals surface area contributed by atoms with Crippen LogP contribution in [0.15, 0.2) is 0 Å². The van der Waals surface area contributed by atoms with E-state index in [1.54, 1.807) is 0 Å². The number of ketones is 1. The zero-order valence-electron chi connectivity index (χ0n) is 6.02. The molecular weight excluding hydrogens is 189 g/mol. The second kappa shape index (κ2) is 8.77. The average Bonchev–Trinajstić information content (AvgIpc) is 1.83. The van der Waals surface area contributed by atoms with E-state index >= 15 is 0 Å². The van der Waals surface area contributed by atoms with E-state index in [-0.39, 0.29) is 32.7 Å². The Bertz CT molecular complexity index is 71.3. The van der Waals surface area contributed by atoms with E-state index in [0.717, 1.165) is 19.3 Å². The van der Waals surface area contributed by atoms with Crippen LogP contribution in [0.5, 0.6) is 0 Å². The average molecular weight is 202 g/mol. The van der Waals surface area contributed by atoms with Crippen molar-refractivity contribution in [3.8, 4) is 0 Å².